The highest BCUT2D eigenvalue weighted by Gasteiger charge is 2.22. The minimum Gasteiger partial charge on any atom is -0.496 e. The maximum absolute atomic E-state index is 9.91. The van der Waals surface area contributed by atoms with Gasteiger partial charge in [-0.1, -0.05) is 20.8 Å². The molecule has 0 aromatic heterocycles. The van der Waals surface area contributed by atoms with E-state index in [1.54, 1.807) is 32.4 Å². The van der Waals surface area contributed by atoms with Crippen LogP contribution in [0.25, 0.3) is 0 Å². The average Bonchev–Trinajstić information content (AvgIpc) is 2.34. The molecule has 0 bridgehead atoms. The first-order valence-corrected chi connectivity index (χ1v) is 5.90. The monoisotopic (exact) mass is 254 g/mol. The van der Waals surface area contributed by atoms with Crippen LogP contribution in [0.3, 0.4) is 0 Å². The summed E-state index contributed by atoms with van der Waals surface area (Å²) in [5, 5.41) is 9.91. The summed E-state index contributed by atoms with van der Waals surface area (Å²) in [5.41, 5.74) is -0.205. The van der Waals surface area contributed by atoms with Gasteiger partial charge in [0.25, 0.3) is 0 Å². The van der Waals surface area contributed by atoms with Crippen LogP contribution in [0.5, 0.6) is 17.2 Å². The fraction of sp³-hybridized carbons (Fsp3) is 0.571. The Kier molecular flexibility index (Phi) is 4.84. The lowest BCUT2D eigenvalue weighted by atomic mass is 9.90. The topological polar surface area (TPSA) is 47.9 Å². The summed E-state index contributed by atoms with van der Waals surface area (Å²) < 4.78 is 15.9. The molecule has 0 saturated carbocycles. The minimum absolute atomic E-state index is 0.205. The number of rotatable bonds is 5. The lowest BCUT2D eigenvalue weighted by molar-refractivity contribution is 0.0217. The van der Waals surface area contributed by atoms with Crippen LogP contribution in [-0.4, -0.2) is 32.0 Å². The van der Waals surface area contributed by atoms with E-state index < -0.39 is 6.10 Å². The maximum atomic E-state index is 9.91. The van der Waals surface area contributed by atoms with E-state index in [0.29, 0.717) is 17.2 Å². The molecule has 1 unspecified atom stereocenters. The normalized spacial score (nSPS) is 13.0. The van der Waals surface area contributed by atoms with Gasteiger partial charge in [0.2, 0.25) is 0 Å². The highest BCUT2D eigenvalue weighted by atomic mass is 16.5. The van der Waals surface area contributed by atoms with Gasteiger partial charge in [-0.05, 0) is 5.41 Å². The minimum atomic E-state index is -0.533. The van der Waals surface area contributed by atoms with Crippen molar-refractivity contribution in [3.63, 3.8) is 0 Å². The standard InChI is InChI=1S/C14H22O4/c1-14(2,3)13(15)9-18-12-7-10(16-4)6-11(8-12)17-5/h6-8,13,15H,9H2,1-5H3. The van der Waals surface area contributed by atoms with E-state index in [2.05, 4.69) is 0 Å². The van der Waals surface area contributed by atoms with Gasteiger partial charge in [0.05, 0.1) is 20.3 Å². The quantitative estimate of drug-likeness (QED) is 0.877. The highest BCUT2D eigenvalue weighted by molar-refractivity contribution is 5.41. The van der Waals surface area contributed by atoms with E-state index in [1.807, 2.05) is 20.8 Å². The van der Waals surface area contributed by atoms with Crippen molar-refractivity contribution in [3.05, 3.63) is 18.2 Å². The molecule has 0 spiro atoms. The van der Waals surface area contributed by atoms with Gasteiger partial charge < -0.3 is 19.3 Å². The Balaban J connectivity index is 2.72. The SMILES string of the molecule is COc1cc(OC)cc(OCC(O)C(C)(C)C)c1. The van der Waals surface area contributed by atoms with Crippen LogP contribution in [0.15, 0.2) is 18.2 Å². The molecule has 4 nitrogen and oxygen atoms in total. The van der Waals surface area contributed by atoms with Gasteiger partial charge in [0, 0.05) is 18.2 Å². The molecule has 0 radical (unpaired) electrons. The summed E-state index contributed by atoms with van der Waals surface area (Å²) >= 11 is 0. The first-order valence-electron chi connectivity index (χ1n) is 5.90. The molecule has 0 amide bonds. The Morgan fingerprint density at radius 2 is 1.44 bits per heavy atom. The maximum Gasteiger partial charge on any atom is 0.126 e. The molecule has 0 aliphatic carbocycles. The molecule has 0 aliphatic rings. The number of hydrogen-bond donors (Lipinski definition) is 1. The summed E-state index contributed by atoms with van der Waals surface area (Å²) in [6.45, 7) is 6.13. The van der Waals surface area contributed by atoms with Crippen LogP contribution in [0.4, 0.5) is 0 Å². The fourth-order valence-corrected chi connectivity index (χ4v) is 1.29. The second kappa shape index (κ2) is 5.96. The highest BCUT2D eigenvalue weighted by Crippen LogP contribution is 2.28. The zero-order valence-corrected chi connectivity index (χ0v) is 11.7. The third-order valence-electron chi connectivity index (χ3n) is 2.73. The first-order chi connectivity index (χ1) is 8.36. The van der Waals surface area contributed by atoms with Gasteiger partial charge in [-0.25, -0.2) is 0 Å². The van der Waals surface area contributed by atoms with Crippen LogP contribution in [0.1, 0.15) is 20.8 Å². The Morgan fingerprint density at radius 3 is 1.83 bits per heavy atom. The van der Waals surface area contributed by atoms with Crippen LogP contribution in [0.2, 0.25) is 0 Å². The smallest absolute Gasteiger partial charge is 0.126 e. The number of hydrogen-bond acceptors (Lipinski definition) is 4. The van der Waals surface area contributed by atoms with Crippen molar-refractivity contribution in [1.29, 1.82) is 0 Å². The molecule has 4 heteroatoms. The molecule has 1 aromatic rings. The van der Waals surface area contributed by atoms with E-state index >= 15 is 0 Å². The van der Waals surface area contributed by atoms with Gasteiger partial charge in [-0.3, -0.25) is 0 Å². The third-order valence-corrected chi connectivity index (χ3v) is 2.73. The second-order valence-corrected chi connectivity index (χ2v) is 5.24. The lowest BCUT2D eigenvalue weighted by Crippen LogP contribution is -2.31. The predicted molar refractivity (Wildman–Crippen MR) is 70.5 cm³/mol. The summed E-state index contributed by atoms with van der Waals surface area (Å²) in [4.78, 5) is 0. The van der Waals surface area contributed by atoms with Crippen molar-refractivity contribution in [3.8, 4) is 17.2 Å². The number of aliphatic hydroxyl groups excluding tert-OH is 1. The number of aliphatic hydroxyl groups is 1. The largest absolute Gasteiger partial charge is 0.496 e. The van der Waals surface area contributed by atoms with E-state index in [0.717, 1.165) is 0 Å². The molecule has 0 fully saturated rings. The van der Waals surface area contributed by atoms with Crippen molar-refractivity contribution < 1.29 is 19.3 Å². The van der Waals surface area contributed by atoms with Crippen molar-refractivity contribution in [2.45, 2.75) is 26.9 Å². The summed E-state index contributed by atoms with van der Waals surface area (Å²) in [6, 6.07) is 5.29. The van der Waals surface area contributed by atoms with Crippen molar-refractivity contribution >= 4 is 0 Å². The van der Waals surface area contributed by atoms with Gasteiger partial charge in [-0.15, -0.1) is 0 Å². The van der Waals surface area contributed by atoms with E-state index in [-0.39, 0.29) is 12.0 Å². The Bertz CT molecular complexity index is 360. The molecule has 1 N–H and O–H groups in total. The summed E-state index contributed by atoms with van der Waals surface area (Å²) in [6.07, 6.45) is -0.533. The zero-order valence-electron chi connectivity index (χ0n) is 11.7. The first kappa shape index (κ1) is 14.6. The number of ether oxygens (including phenoxy) is 3. The van der Waals surface area contributed by atoms with Crippen LogP contribution in [0, 0.1) is 5.41 Å². The van der Waals surface area contributed by atoms with Gasteiger partial charge >= 0.3 is 0 Å². The third kappa shape index (κ3) is 4.11. The van der Waals surface area contributed by atoms with Crippen LogP contribution >= 0.6 is 0 Å². The second-order valence-electron chi connectivity index (χ2n) is 5.24. The lowest BCUT2D eigenvalue weighted by Gasteiger charge is -2.25. The fourth-order valence-electron chi connectivity index (χ4n) is 1.29. The van der Waals surface area contributed by atoms with Gasteiger partial charge in [0.1, 0.15) is 23.9 Å². The number of methoxy groups -OCH3 is 2. The Labute approximate surface area is 108 Å². The van der Waals surface area contributed by atoms with Gasteiger partial charge in [0.15, 0.2) is 0 Å². The van der Waals surface area contributed by atoms with Crippen LogP contribution in [-0.2, 0) is 0 Å². The van der Waals surface area contributed by atoms with E-state index in [9.17, 15) is 5.11 Å². The molecule has 0 heterocycles. The molecule has 1 rings (SSSR count). The van der Waals surface area contributed by atoms with Crippen molar-refractivity contribution in [2.24, 2.45) is 5.41 Å². The van der Waals surface area contributed by atoms with Crippen LogP contribution < -0.4 is 14.2 Å². The summed E-state index contributed by atoms with van der Waals surface area (Å²) in [7, 11) is 3.17. The Hall–Kier alpha value is -1.42. The molecule has 0 aliphatic heterocycles. The molecule has 0 saturated heterocycles. The average molecular weight is 254 g/mol. The molecule has 1 atom stereocenters. The number of benzene rings is 1. The van der Waals surface area contributed by atoms with Crippen molar-refractivity contribution in [1.82, 2.24) is 0 Å². The summed E-state index contributed by atoms with van der Waals surface area (Å²) in [5.74, 6) is 1.94. The molecular formula is C14H22O4. The van der Waals surface area contributed by atoms with Crippen molar-refractivity contribution in [2.75, 3.05) is 20.8 Å². The molecule has 18 heavy (non-hydrogen) atoms. The molecular weight excluding hydrogens is 232 g/mol. The Morgan fingerprint density at radius 1 is 1.00 bits per heavy atom. The van der Waals surface area contributed by atoms with E-state index in [4.69, 9.17) is 14.2 Å². The van der Waals surface area contributed by atoms with Gasteiger partial charge in [-0.2, -0.15) is 0 Å². The molecule has 102 valence electrons. The van der Waals surface area contributed by atoms with E-state index in [1.165, 1.54) is 0 Å². The zero-order chi connectivity index (χ0) is 13.8. The predicted octanol–water partition coefficient (Wildman–Crippen LogP) is 2.49. The molecule has 1 aromatic carbocycles.